The van der Waals surface area contributed by atoms with Gasteiger partial charge in [-0.2, -0.15) is 4.98 Å². The highest BCUT2D eigenvalue weighted by atomic mass is 32.1. The number of rotatable bonds is 3. The molecule has 0 saturated carbocycles. The van der Waals surface area contributed by atoms with Crippen molar-refractivity contribution in [2.45, 2.75) is 20.0 Å². The molecule has 0 unspecified atom stereocenters. The summed E-state index contributed by atoms with van der Waals surface area (Å²) in [6.07, 6.45) is 0.0774. The number of hydrogen-bond acceptors (Lipinski definition) is 6. The van der Waals surface area contributed by atoms with Crippen molar-refractivity contribution in [1.82, 2.24) is 9.97 Å². The molecule has 5 nitrogen and oxygen atoms in total. The standard InChI is InChI=1S/C9H12N4OS/c1-5(2)14-7-6-3-4-15-8(6)12-9(11-7)13-10/h3-5H,10H2,1-2H3,(H,11,12,13). The van der Waals surface area contributed by atoms with E-state index < -0.39 is 0 Å². The lowest BCUT2D eigenvalue weighted by Gasteiger charge is -2.10. The first-order valence-electron chi connectivity index (χ1n) is 4.59. The van der Waals surface area contributed by atoms with Crippen LogP contribution in [0.25, 0.3) is 10.2 Å². The summed E-state index contributed by atoms with van der Waals surface area (Å²) < 4.78 is 5.59. The lowest BCUT2D eigenvalue weighted by molar-refractivity contribution is 0.236. The van der Waals surface area contributed by atoms with E-state index in [9.17, 15) is 0 Å². The number of nitrogens with one attached hydrogen (secondary N) is 1. The molecule has 0 aliphatic heterocycles. The number of ether oxygens (including phenoxy) is 1. The van der Waals surface area contributed by atoms with Crippen molar-refractivity contribution < 1.29 is 4.74 Å². The molecule has 0 amide bonds. The number of hydrogen-bond donors (Lipinski definition) is 2. The van der Waals surface area contributed by atoms with Gasteiger partial charge in [0.25, 0.3) is 0 Å². The molecule has 0 aliphatic rings. The molecule has 0 fully saturated rings. The van der Waals surface area contributed by atoms with Crippen molar-refractivity contribution >= 4 is 27.5 Å². The fraction of sp³-hybridized carbons (Fsp3) is 0.333. The molecule has 0 spiro atoms. The van der Waals surface area contributed by atoms with Gasteiger partial charge in [-0.25, -0.2) is 10.8 Å². The summed E-state index contributed by atoms with van der Waals surface area (Å²) >= 11 is 1.53. The molecule has 3 N–H and O–H groups in total. The summed E-state index contributed by atoms with van der Waals surface area (Å²) in [5.74, 6) is 6.23. The fourth-order valence-electron chi connectivity index (χ4n) is 1.21. The lowest BCUT2D eigenvalue weighted by atomic mass is 10.4. The van der Waals surface area contributed by atoms with Gasteiger partial charge in [-0.3, -0.25) is 5.43 Å². The Kier molecular flexibility index (Phi) is 2.70. The Balaban J connectivity index is 2.53. The van der Waals surface area contributed by atoms with Crippen LogP contribution in [0, 0.1) is 0 Å². The second-order valence-corrected chi connectivity index (χ2v) is 4.20. The van der Waals surface area contributed by atoms with Gasteiger partial charge in [-0.15, -0.1) is 11.3 Å². The average molecular weight is 224 g/mol. The number of nitrogen functional groups attached to an aromatic ring is 1. The second-order valence-electron chi connectivity index (χ2n) is 3.30. The third kappa shape index (κ3) is 2.00. The highest BCUT2D eigenvalue weighted by Gasteiger charge is 2.10. The van der Waals surface area contributed by atoms with Crippen molar-refractivity contribution in [2.24, 2.45) is 5.84 Å². The first kappa shape index (κ1) is 10.1. The third-order valence-electron chi connectivity index (χ3n) is 1.77. The molecular formula is C9H12N4OS. The van der Waals surface area contributed by atoms with E-state index in [1.54, 1.807) is 0 Å². The van der Waals surface area contributed by atoms with Crippen LogP contribution in [-0.2, 0) is 0 Å². The zero-order chi connectivity index (χ0) is 10.8. The van der Waals surface area contributed by atoms with Crippen LogP contribution in [0.15, 0.2) is 11.4 Å². The molecule has 2 aromatic heterocycles. The molecule has 2 aromatic rings. The Hall–Kier alpha value is -1.40. The second kappa shape index (κ2) is 4.00. The summed E-state index contributed by atoms with van der Waals surface area (Å²) in [6, 6.07) is 1.94. The van der Waals surface area contributed by atoms with E-state index in [1.807, 2.05) is 25.3 Å². The molecule has 2 rings (SSSR count). The number of fused-ring (bicyclic) bond motifs is 1. The highest BCUT2D eigenvalue weighted by molar-refractivity contribution is 7.16. The molecule has 0 atom stereocenters. The minimum absolute atomic E-state index is 0.0774. The summed E-state index contributed by atoms with van der Waals surface area (Å²) in [6.45, 7) is 3.91. The predicted molar refractivity (Wildman–Crippen MR) is 61.0 cm³/mol. The van der Waals surface area contributed by atoms with E-state index in [0.717, 1.165) is 10.2 Å². The minimum Gasteiger partial charge on any atom is -0.474 e. The Labute approximate surface area is 91.3 Å². The van der Waals surface area contributed by atoms with Crippen LogP contribution in [0.2, 0.25) is 0 Å². The van der Waals surface area contributed by atoms with Gasteiger partial charge in [0, 0.05) is 0 Å². The molecule has 6 heteroatoms. The Morgan fingerprint density at radius 3 is 2.93 bits per heavy atom. The quantitative estimate of drug-likeness (QED) is 0.614. The van der Waals surface area contributed by atoms with Crippen LogP contribution in [-0.4, -0.2) is 16.1 Å². The van der Waals surface area contributed by atoms with Gasteiger partial charge < -0.3 is 4.74 Å². The SMILES string of the molecule is CC(C)Oc1nc(NN)nc2sccc12. The topological polar surface area (TPSA) is 73.1 Å². The number of nitrogens with two attached hydrogens (primary N) is 1. The van der Waals surface area contributed by atoms with Gasteiger partial charge in [0.15, 0.2) is 0 Å². The molecule has 0 aromatic carbocycles. The number of thiophene rings is 1. The van der Waals surface area contributed by atoms with Gasteiger partial charge in [0.05, 0.1) is 11.5 Å². The largest absolute Gasteiger partial charge is 0.474 e. The van der Waals surface area contributed by atoms with Gasteiger partial charge in [0.2, 0.25) is 11.8 Å². The molecule has 80 valence electrons. The number of aromatic nitrogens is 2. The van der Waals surface area contributed by atoms with Crippen LogP contribution in [0.4, 0.5) is 5.95 Å². The van der Waals surface area contributed by atoms with E-state index in [2.05, 4.69) is 15.4 Å². The van der Waals surface area contributed by atoms with Crippen molar-refractivity contribution in [3.8, 4) is 5.88 Å². The van der Waals surface area contributed by atoms with E-state index in [1.165, 1.54) is 11.3 Å². The van der Waals surface area contributed by atoms with Gasteiger partial charge in [0.1, 0.15) is 4.83 Å². The van der Waals surface area contributed by atoms with Crippen molar-refractivity contribution in [1.29, 1.82) is 0 Å². The molecule has 0 radical (unpaired) electrons. The maximum atomic E-state index is 5.59. The van der Waals surface area contributed by atoms with Crippen molar-refractivity contribution in [3.05, 3.63) is 11.4 Å². The summed E-state index contributed by atoms with van der Waals surface area (Å²) in [5, 5.41) is 2.88. The Morgan fingerprint density at radius 1 is 1.47 bits per heavy atom. The number of hydrazine groups is 1. The summed E-state index contributed by atoms with van der Waals surface area (Å²) in [7, 11) is 0. The van der Waals surface area contributed by atoms with Crippen LogP contribution >= 0.6 is 11.3 Å². The fourth-order valence-corrected chi connectivity index (χ4v) is 1.96. The van der Waals surface area contributed by atoms with E-state index >= 15 is 0 Å². The monoisotopic (exact) mass is 224 g/mol. The minimum atomic E-state index is 0.0774. The predicted octanol–water partition coefficient (Wildman–Crippen LogP) is 1.76. The Bertz CT molecular complexity index is 468. The normalized spacial score (nSPS) is 10.9. The smallest absolute Gasteiger partial charge is 0.241 e. The van der Waals surface area contributed by atoms with Gasteiger partial charge >= 0.3 is 0 Å². The van der Waals surface area contributed by atoms with Crippen LogP contribution in [0.3, 0.4) is 0 Å². The molecule has 0 bridgehead atoms. The molecule has 0 aliphatic carbocycles. The van der Waals surface area contributed by atoms with E-state index in [4.69, 9.17) is 10.6 Å². The maximum Gasteiger partial charge on any atom is 0.241 e. The molecule has 2 heterocycles. The van der Waals surface area contributed by atoms with Gasteiger partial charge in [-0.1, -0.05) is 0 Å². The number of nitrogens with zero attached hydrogens (tertiary/aromatic N) is 2. The van der Waals surface area contributed by atoms with Crippen LogP contribution in [0.5, 0.6) is 5.88 Å². The van der Waals surface area contributed by atoms with Crippen molar-refractivity contribution in [3.63, 3.8) is 0 Å². The van der Waals surface area contributed by atoms with Crippen LogP contribution < -0.4 is 16.0 Å². The van der Waals surface area contributed by atoms with Crippen molar-refractivity contribution in [2.75, 3.05) is 5.43 Å². The maximum absolute atomic E-state index is 5.59. The third-order valence-corrected chi connectivity index (χ3v) is 2.57. The zero-order valence-electron chi connectivity index (χ0n) is 8.52. The highest BCUT2D eigenvalue weighted by Crippen LogP contribution is 2.28. The first-order valence-corrected chi connectivity index (χ1v) is 5.47. The average Bonchev–Trinajstić information content (AvgIpc) is 2.64. The van der Waals surface area contributed by atoms with E-state index in [0.29, 0.717) is 11.8 Å². The molecule has 0 saturated heterocycles. The summed E-state index contributed by atoms with van der Waals surface area (Å²) in [5.41, 5.74) is 2.43. The van der Waals surface area contributed by atoms with E-state index in [-0.39, 0.29) is 6.10 Å². The zero-order valence-corrected chi connectivity index (χ0v) is 9.34. The lowest BCUT2D eigenvalue weighted by Crippen LogP contribution is -2.13. The van der Waals surface area contributed by atoms with Gasteiger partial charge in [-0.05, 0) is 25.3 Å². The first-order chi connectivity index (χ1) is 7.20. The van der Waals surface area contributed by atoms with Crippen LogP contribution in [0.1, 0.15) is 13.8 Å². The number of anilines is 1. The summed E-state index contributed by atoms with van der Waals surface area (Å²) in [4.78, 5) is 9.25. The Morgan fingerprint density at radius 2 is 2.27 bits per heavy atom. The molecular weight excluding hydrogens is 212 g/mol. The molecule has 15 heavy (non-hydrogen) atoms.